The first-order valence-corrected chi connectivity index (χ1v) is 9.78. The Labute approximate surface area is 172 Å². The fourth-order valence-corrected chi connectivity index (χ4v) is 3.67. The SMILES string of the molecule is COc1ccc(C=CC(=O)N2CCC(c3nc4cc(Cl)ccc4o3)CC2)cc1F. The predicted molar refractivity (Wildman–Crippen MR) is 110 cm³/mol. The van der Waals surface area contributed by atoms with Crippen molar-refractivity contribution in [1.82, 2.24) is 9.88 Å². The second-order valence-electron chi connectivity index (χ2n) is 6.99. The molecule has 0 N–H and O–H groups in total. The number of hydrogen-bond acceptors (Lipinski definition) is 4. The van der Waals surface area contributed by atoms with Crippen LogP contribution >= 0.6 is 11.6 Å². The summed E-state index contributed by atoms with van der Waals surface area (Å²) in [4.78, 5) is 18.8. The number of likely N-dealkylation sites (tertiary alicyclic amines) is 1. The van der Waals surface area contributed by atoms with E-state index in [-0.39, 0.29) is 17.6 Å². The third-order valence-corrected chi connectivity index (χ3v) is 5.35. The Kier molecular flexibility index (Phi) is 5.53. The van der Waals surface area contributed by atoms with E-state index in [1.54, 1.807) is 35.2 Å². The van der Waals surface area contributed by atoms with Crippen LogP contribution in [-0.2, 0) is 4.79 Å². The molecule has 150 valence electrons. The molecule has 0 spiro atoms. The molecule has 2 aromatic carbocycles. The lowest BCUT2D eigenvalue weighted by molar-refractivity contribution is -0.127. The van der Waals surface area contributed by atoms with Crippen molar-refractivity contribution in [3.8, 4) is 5.75 Å². The van der Waals surface area contributed by atoms with Crippen LogP contribution in [0.2, 0.25) is 5.02 Å². The molecule has 5 nitrogen and oxygen atoms in total. The third-order valence-electron chi connectivity index (χ3n) is 5.12. The maximum atomic E-state index is 13.8. The van der Waals surface area contributed by atoms with Crippen molar-refractivity contribution >= 4 is 34.7 Å². The molecule has 1 saturated heterocycles. The van der Waals surface area contributed by atoms with Crippen molar-refractivity contribution < 1.29 is 18.3 Å². The minimum Gasteiger partial charge on any atom is -0.494 e. The van der Waals surface area contributed by atoms with Crippen molar-refractivity contribution in [2.75, 3.05) is 20.2 Å². The average molecular weight is 415 g/mol. The molecule has 7 heteroatoms. The topological polar surface area (TPSA) is 55.6 Å². The highest BCUT2D eigenvalue weighted by atomic mass is 35.5. The Morgan fingerprint density at radius 1 is 1.28 bits per heavy atom. The van der Waals surface area contributed by atoms with E-state index in [2.05, 4.69) is 4.98 Å². The van der Waals surface area contributed by atoms with Gasteiger partial charge < -0.3 is 14.1 Å². The number of amides is 1. The summed E-state index contributed by atoms with van der Waals surface area (Å²) in [6.07, 6.45) is 4.64. The molecular formula is C22H20ClFN2O3. The van der Waals surface area contributed by atoms with Crippen LogP contribution < -0.4 is 4.74 Å². The number of aromatic nitrogens is 1. The maximum absolute atomic E-state index is 13.8. The first-order chi connectivity index (χ1) is 14.0. The number of benzene rings is 2. The highest BCUT2D eigenvalue weighted by Crippen LogP contribution is 2.31. The molecule has 2 heterocycles. The number of oxazole rings is 1. The lowest BCUT2D eigenvalue weighted by Crippen LogP contribution is -2.36. The summed E-state index contributed by atoms with van der Waals surface area (Å²) in [7, 11) is 1.41. The summed E-state index contributed by atoms with van der Waals surface area (Å²) in [6, 6.07) is 9.97. The average Bonchev–Trinajstić information content (AvgIpc) is 3.15. The van der Waals surface area contributed by atoms with Crippen molar-refractivity contribution in [2.45, 2.75) is 18.8 Å². The number of hydrogen-bond donors (Lipinski definition) is 0. The molecule has 0 aliphatic carbocycles. The number of nitrogens with zero attached hydrogens (tertiary/aromatic N) is 2. The molecular weight excluding hydrogens is 395 g/mol. The summed E-state index contributed by atoms with van der Waals surface area (Å²) in [5.74, 6) is 0.493. The minimum absolute atomic E-state index is 0.0935. The smallest absolute Gasteiger partial charge is 0.246 e. The Morgan fingerprint density at radius 3 is 2.79 bits per heavy atom. The van der Waals surface area contributed by atoms with Crippen molar-refractivity contribution in [1.29, 1.82) is 0 Å². The van der Waals surface area contributed by atoms with Crippen molar-refractivity contribution in [3.05, 3.63) is 64.8 Å². The van der Waals surface area contributed by atoms with E-state index in [0.29, 0.717) is 29.6 Å². The number of piperidine rings is 1. The minimum atomic E-state index is -0.456. The van der Waals surface area contributed by atoms with E-state index in [0.717, 1.165) is 23.9 Å². The van der Waals surface area contributed by atoms with Gasteiger partial charge in [0.2, 0.25) is 5.91 Å². The summed E-state index contributed by atoms with van der Waals surface area (Å²) in [5, 5.41) is 0.626. The quantitative estimate of drug-likeness (QED) is 0.561. The van der Waals surface area contributed by atoms with E-state index in [4.69, 9.17) is 20.8 Å². The molecule has 4 rings (SSSR count). The van der Waals surface area contributed by atoms with Crippen LogP contribution in [0.25, 0.3) is 17.2 Å². The molecule has 1 aliphatic heterocycles. The Morgan fingerprint density at radius 2 is 2.07 bits per heavy atom. The lowest BCUT2D eigenvalue weighted by Gasteiger charge is -2.29. The number of carbonyl (C=O) groups excluding carboxylic acids is 1. The zero-order valence-electron chi connectivity index (χ0n) is 15.9. The van der Waals surface area contributed by atoms with Gasteiger partial charge in [-0.05, 0) is 54.8 Å². The van der Waals surface area contributed by atoms with Crippen LogP contribution in [0.15, 0.2) is 46.9 Å². The highest BCUT2D eigenvalue weighted by molar-refractivity contribution is 6.31. The van der Waals surface area contributed by atoms with Crippen LogP contribution in [0.3, 0.4) is 0 Å². The first kappa shape index (κ1) is 19.5. The Balaban J connectivity index is 1.37. The first-order valence-electron chi connectivity index (χ1n) is 9.40. The van der Waals surface area contributed by atoms with Gasteiger partial charge in [0, 0.05) is 30.1 Å². The number of methoxy groups -OCH3 is 1. The summed E-state index contributed by atoms with van der Waals surface area (Å²) in [5.41, 5.74) is 2.08. The van der Waals surface area contributed by atoms with Gasteiger partial charge in [0.05, 0.1) is 7.11 Å². The molecule has 0 saturated carbocycles. The van der Waals surface area contributed by atoms with Gasteiger partial charge in [0.15, 0.2) is 23.0 Å². The second kappa shape index (κ2) is 8.25. The van der Waals surface area contributed by atoms with Gasteiger partial charge in [-0.3, -0.25) is 4.79 Å². The van der Waals surface area contributed by atoms with Crippen LogP contribution in [0, 0.1) is 5.82 Å². The van der Waals surface area contributed by atoms with Crippen LogP contribution in [0.5, 0.6) is 5.75 Å². The Hall–Kier alpha value is -2.86. The highest BCUT2D eigenvalue weighted by Gasteiger charge is 2.26. The largest absolute Gasteiger partial charge is 0.494 e. The monoisotopic (exact) mass is 414 g/mol. The number of fused-ring (bicyclic) bond motifs is 1. The zero-order chi connectivity index (χ0) is 20.4. The Bertz CT molecular complexity index is 1070. The molecule has 0 radical (unpaired) electrons. The van der Waals surface area contributed by atoms with Gasteiger partial charge in [-0.1, -0.05) is 17.7 Å². The molecule has 1 aliphatic rings. The predicted octanol–water partition coefficient (Wildman–Crippen LogP) is 5.05. The van der Waals surface area contributed by atoms with E-state index in [9.17, 15) is 9.18 Å². The number of halogens is 2. The normalized spacial score (nSPS) is 15.3. The van der Waals surface area contributed by atoms with E-state index >= 15 is 0 Å². The molecule has 1 aromatic heterocycles. The van der Waals surface area contributed by atoms with Gasteiger partial charge in [-0.15, -0.1) is 0 Å². The van der Waals surface area contributed by atoms with Crippen molar-refractivity contribution in [2.24, 2.45) is 0 Å². The summed E-state index contributed by atoms with van der Waals surface area (Å²) >= 11 is 6.01. The molecule has 3 aromatic rings. The van der Waals surface area contributed by atoms with Gasteiger partial charge in [0.25, 0.3) is 0 Å². The number of ether oxygens (including phenoxy) is 1. The van der Waals surface area contributed by atoms with E-state index in [1.807, 2.05) is 6.07 Å². The fourth-order valence-electron chi connectivity index (χ4n) is 3.50. The molecule has 29 heavy (non-hydrogen) atoms. The second-order valence-corrected chi connectivity index (χ2v) is 7.43. The number of rotatable bonds is 4. The molecule has 0 atom stereocenters. The molecule has 1 fully saturated rings. The zero-order valence-corrected chi connectivity index (χ0v) is 16.7. The van der Waals surface area contributed by atoms with E-state index < -0.39 is 5.82 Å². The molecule has 0 unspecified atom stereocenters. The molecule has 1 amide bonds. The fraction of sp³-hybridized carbons (Fsp3) is 0.273. The standard InChI is InChI=1S/C22H20ClFN2O3/c1-28-19-5-2-14(12-17(19)24)3-7-21(27)26-10-8-15(9-11-26)22-25-18-13-16(23)4-6-20(18)29-22/h2-7,12-13,15H,8-11H2,1H3. The summed E-state index contributed by atoms with van der Waals surface area (Å²) in [6.45, 7) is 1.23. The van der Waals surface area contributed by atoms with Gasteiger partial charge in [-0.25, -0.2) is 9.37 Å². The number of carbonyl (C=O) groups is 1. The summed E-state index contributed by atoms with van der Waals surface area (Å²) < 4.78 is 24.5. The molecule has 0 bridgehead atoms. The maximum Gasteiger partial charge on any atom is 0.246 e. The van der Waals surface area contributed by atoms with Crippen LogP contribution in [-0.4, -0.2) is 36.0 Å². The van der Waals surface area contributed by atoms with Crippen LogP contribution in [0.1, 0.15) is 30.2 Å². The van der Waals surface area contributed by atoms with Gasteiger partial charge >= 0.3 is 0 Å². The lowest BCUT2D eigenvalue weighted by atomic mass is 9.96. The van der Waals surface area contributed by atoms with E-state index in [1.165, 1.54) is 19.3 Å². The third kappa shape index (κ3) is 4.27. The van der Waals surface area contributed by atoms with Gasteiger partial charge in [-0.2, -0.15) is 0 Å². The van der Waals surface area contributed by atoms with Crippen LogP contribution in [0.4, 0.5) is 4.39 Å². The van der Waals surface area contributed by atoms with Gasteiger partial charge in [0.1, 0.15) is 5.52 Å². The van der Waals surface area contributed by atoms with Crippen molar-refractivity contribution in [3.63, 3.8) is 0 Å².